The summed E-state index contributed by atoms with van der Waals surface area (Å²) in [7, 11) is 0. The first-order valence-electron chi connectivity index (χ1n) is 5.16. The molecule has 4 rings (SSSR count). The van der Waals surface area contributed by atoms with Gasteiger partial charge in [0.25, 0.3) is 0 Å². The molecule has 4 fully saturated rings. The van der Waals surface area contributed by atoms with Crippen LogP contribution in [0.4, 0.5) is 0 Å². The molecule has 0 aromatic rings. The molecule has 14 heavy (non-hydrogen) atoms. The highest BCUT2D eigenvalue weighted by Gasteiger charge is 2.62. The Morgan fingerprint density at radius 1 is 1.36 bits per heavy atom. The van der Waals surface area contributed by atoms with Crippen molar-refractivity contribution in [2.24, 2.45) is 11.3 Å². The number of nitriles is 1. The van der Waals surface area contributed by atoms with Crippen molar-refractivity contribution < 1.29 is 5.11 Å². The lowest BCUT2D eigenvalue weighted by Gasteiger charge is -2.63. The summed E-state index contributed by atoms with van der Waals surface area (Å²) in [5.74, 6) is 0.119. The minimum Gasteiger partial charge on any atom is -0.374 e. The third-order valence-corrected chi connectivity index (χ3v) is 4.18. The highest BCUT2D eigenvalue weighted by Crippen LogP contribution is 2.48. The van der Waals surface area contributed by atoms with Gasteiger partial charge >= 0.3 is 0 Å². The van der Waals surface area contributed by atoms with Gasteiger partial charge in [-0.05, 0) is 0 Å². The summed E-state index contributed by atoms with van der Waals surface area (Å²) in [6, 6.07) is 2.17. The Balaban J connectivity index is 2.07. The van der Waals surface area contributed by atoms with E-state index >= 15 is 0 Å². The van der Waals surface area contributed by atoms with Crippen molar-refractivity contribution in [1.29, 1.82) is 5.26 Å². The van der Waals surface area contributed by atoms with E-state index in [1.807, 2.05) is 6.92 Å². The van der Waals surface area contributed by atoms with E-state index in [9.17, 15) is 10.4 Å². The summed E-state index contributed by atoms with van der Waals surface area (Å²) in [5, 5.41) is 19.6. The van der Waals surface area contributed by atoms with E-state index in [0.29, 0.717) is 0 Å². The van der Waals surface area contributed by atoms with Crippen molar-refractivity contribution >= 4 is 0 Å². The Morgan fingerprint density at radius 2 is 1.93 bits per heavy atom. The molecule has 0 radical (unpaired) electrons. The summed E-state index contributed by atoms with van der Waals surface area (Å²) >= 11 is 0. The first kappa shape index (κ1) is 8.66. The Kier molecular flexibility index (Phi) is 1.42. The van der Waals surface area contributed by atoms with Crippen LogP contribution >= 0.6 is 0 Å². The standard InChI is InChI=1S/C10H15N3O/c1-9-5-12-2-8(10(9,14)4-11)3-13(6-9)7-12/h8,14H,2-3,5-7H2,1H3. The van der Waals surface area contributed by atoms with Crippen LogP contribution in [0.1, 0.15) is 6.92 Å². The van der Waals surface area contributed by atoms with Gasteiger partial charge in [0.15, 0.2) is 5.60 Å². The summed E-state index contributed by atoms with van der Waals surface area (Å²) in [4.78, 5) is 4.70. The summed E-state index contributed by atoms with van der Waals surface area (Å²) in [5.41, 5.74) is -1.35. The van der Waals surface area contributed by atoms with Gasteiger partial charge in [-0.3, -0.25) is 9.80 Å². The molecule has 4 aliphatic heterocycles. The van der Waals surface area contributed by atoms with Crippen molar-refractivity contribution in [2.45, 2.75) is 12.5 Å². The predicted molar refractivity (Wildman–Crippen MR) is 50.2 cm³/mol. The Hall–Kier alpha value is -0.630. The van der Waals surface area contributed by atoms with Crippen LogP contribution in [0.3, 0.4) is 0 Å². The molecule has 0 amide bonds. The lowest BCUT2D eigenvalue weighted by Crippen LogP contribution is -2.77. The van der Waals surface area contributed by atoms with Gasteiger partial charge in [0.1, 0.15) is 0 Å². The zero-order valence-corrected chi connectivity index (χ0v) is 8.40. The van der Waals surface area contributed by atoms with Crippen LogP contribution < -0.4 is 0 Å². The van der Waals surface area contributed by atoms with Crippen LogP contribution in [-0.4, -0.2) is 53.4 Å². The molecule has 3 atom stereocenters. The molecule has 3 unspecified atom stereocenters. The van der Waals surface area contributed by atoms with Gasteiger partial charge in [0.05, 0.1) is 12.7 Å². The van der Waals surface area contributed by atoms with Crippen molar-refractivity contribution in [1.82, 2.24) is 9.80 Å². The molecule has 4 aliphatic rings. The maximum Gasteiger partial charge on any atom is 0.164 e. The third kappa shape index (κ3) is 0.789. The molecule has 4 heteroatoms. The van der Waals surface area contributed by atoms with Crippen LogP contribution in [0.5, 0.6) is 0 Å². The largest absolute Gasteiger partial charge is 0.374 e. The molecule has 4 saturated heterocycles. The van der Waals surface area contributed by atoms with Gasteiger partial charge in [0.2, 0.25) is 0 Å². The van der Waals surface area contributed by atoms with Crippen molar-refractivity contribution in [3.05, 3.63) is 0 Å². The first-order chi connectivity index (χ1) is 6.57. The first-order valence-corrected chi connectivity index (χ1v) is 5.16. The SMILES string of the molecule is CC12CN3CC(CN(C3)C1)C2(O)C#N. The predicted octanol–water partition coefficient (Wildman–Crippen LogP) is -0.534. The van der Waals surface area contributed by atoms with Gasteiger partial charge in [-0.15, -0.1) is 0 Å². The van der Waals surface area contributed by atoms with E-state index < -0.39 is 5.60 Å². The van der Waals surface area contributed by atoms with Crippen LogP contribution in [0, 0.1) is 22.7 Å². The average Bonchev–Trinajstić information content (AvgIpc) is 2.12. The lowest BCUT2D eigenvalue weighted by molar-refractivity contribution is -0.220. The molecular weight excluding hydrogens is 178 g/mol. The molecule has 0 saturated carbocycles. The molecule has 0 aromatic heterocycles. The Bertz CT molecular complexity index is 310. The molecule has 4 nitrogen and oxygen atoms in total. The molecule has 0 spiro atoms. The highest BCUT2D eigenvalue weighted by atomic mass is 16.3. The normalized spacial score (nSPS) is 59.9. The van der Waals surface area contributed by atoms with Crippen molar-refractivity contribution in [3.8, 4) is 6.07 Å². The van der Waals surface area contributed by atoms with Crippen LogP contribution in [0.2, 0.25) is 0 Å². The van der Waals surface area contributed by atoms with E-state index in [4.69, 9.17) is 0 Å². The lowest BCUT2D eigenvalue weighted by atomic mass is 9.60. The summed E-state index contributed by atoms with van der Waals surface area (Å²) in [6.45, 7) is 6.56. The van der Waals surface area contributed by atoms with E-state index in [1.54, 1.807) is 0 Å². The molecule has 0 aliphatic carbocycles. The van der Waals surface area contributed by atoms with Gasteiger partial charge in [0, 0.05) is 37.5 Å². The number of hydrogen-bond donors (Lipinski definition) is 1. The van der Waals surface area contributed by atoms with Gasteiger partial charge in [-0.2, -0.15) is 5.26 Å². The van der Waals surface area contributed by atoms with Crippen molar-refractivity contribution in [2.75, 3.05) is 32.8 Å². The minimum atomic E-state index is -1.10. The molecule has 76 valence electrons. The second-order valence-electron chi connectivity index (χ2n) is 5.30. The smallest absolute Gasteiger partial charge is 0.164 e. The van der Waals surface area contributed by atoms with Gasteiger partial charge in [-0.25, -0.2) is 0 Å². The summed E-state index contributed by atoms with van der Waals surface area (Å²) in [6.07, 6.45) is 0. The topological polar surface area (TPSA) is 50.5 Å². The quantitative estimate of drug-likeness (QED) is 0.525. The summed E-state index contributed by atoms with van der Waals surface area (Å²) < 4.78 is 0. The second kappa shape index (κ2) is 2.30. The zero-order chi connectivity index (χ0) is 9.97. The maximum absolute atomic E-state index is 10.4. The van der Waals surface area contributed by atoms with Crippen LogP contribution in [0.15, 0.2) is 0 Å². The molecular formula is C10H15N3O. The number of nitrogens with zero attached hydrogens (tertiary/aromatic N) is 3. The van der Waals surface area contributed by atoms with E-state index in [2.05, 4.69) is 15.9 Å². The zero-order valence-electron chi connectivity index (χ0n) is 8.40. The fourth-order valence-electron chi connectivity index (χ4n) is 3.57. The van der Waals surface area contributed by atoms with Crippen LogP contribution in [0.25, 0.3) is 0 Å². The number of rotatable bonds is 0. The molecule has 1 N–H and O–H groups in total. The fraction of sp³-hybridized carbons (Fsp3) is 0.900. The molecule has 4 bridgehead atoms. The Morgan fingerprint density at radius 3 is 2.36 bits per heavy atom. The number of piperidine rings is 2. The molecule has 0 aromatic carbocycles. The number of hydrogen-bond acceptors (Lipinski definition) is 4. The van der Waals surface area contributed by atoms with Crippen LogP contribution in [-0.2, 0) is 0 Å². The number of aliphatic hydroxyl groups is 1. The van der Waals surface area contributed by atoms with E-state index in [1.165, 1.54) is 0 Å². The second-order valence-corrected chi connectivity index (χ2v) is 5.30. The minimum absolute atomic E-state index is 0.119. The third-order valence-electron chi connectivity index (χ3n) is 4.18. The highest BCUT2D eigenvalue weighted by molar-refractivity contribution is 5.22. The van der Waals surface area contributed by atoms with Gasteiger partial charge < -0.3 is 5.11 Å². The van der Waals surface area contributed by atoms with E-state index in [-0.39, 0.29) is 11.3 Å². The maximum atomic E-state index is 10.4. The Labute approximate surface area is 83.7 Å². The molecule has 4 heterocycles. The van der Waals surface area contributed by atoms with Gasteiger partial charge in [-0.1, -0.05) is 6.92 Å². The monoisotopic (exact) mass is 193 g/mol. The van der Waals surface area contributed by atoms with Crippen molar-refractivity contribution in [3.63, 3.8) is 0 Å². The fourth-order valence-corrected chi connectivity index (χ4v) is 3.57. The van der Waals surface area contributed by atoms with E-state index in [0.717, 1.165) is 32.8 Å². The average molecular weight is 193 g/mol.